The van der Waals surface area contributed by atoms with Crippen molar-refractivity contribution < 1.29 is 9.53 Å². The third-order valence-corrected chi connectivity index (χ3v) is 2.76. The second kappa shape index (κ2) is 9.60. The lowest BCUT2D eigenvalue weighted by Gasteiger charge is -2.18. The molecule has 0 aliphatic carbocycles. The standard InChI is InChI=1S/C12H26N2O2/c1-5-10(6-2)14-12(15)8-13-11(7-3)9-16-4/h10-11,13H,5-9H2,1-4H3,(H,14,15). The molecule has 0 rings (SSSR count). The van der Waals surface area contributed by atoms with Crippen molar-refractivity contribution in [3.8, 4) is 0 Å². The normalized spacial score (nSPS) is 12.8. The third kappa shape index (κ3) is 6.80. The van der Waals surface area contributed by atoms with Crippen molar-refractivity contribution in [2.75, 3.05) is 20.3 Å². The van der Waals surface area contributed by atoms with Crippen LogP contribution < -0.4 is 10.6 Å². The van der Waals surface area contributed by atoms with Gasteiger partial charge in [-0.25, -0.2) is 0 Å². The zero-order valence-electron chi connectivity index (χ0n) is 11.0. The van der Waals surface area contributed by atoms with Gasteiger partial charge in [0.1, 0.15) is 0 Å². The van der Waals surface area contributed by atoms with Gasteiger partial charge in [-0.2, -0.15) is 0 Å². The second-order valence-electron chi connectivity index (χ2n) is 4.02. The van der Waals surface area contributed by atoms with Crippen molar-refractivity contribution in [1.82, 2.24) is 10.6 Å². The van der Waals surface area contributed by atoms with Crippen LogP contribution in [-0.2, 0) is 9.53 Å². The van der Waals surface area contributed by atoms with Gasteiger partial charge in [-0.15, -0.1) is 0 Å². The first-order valence-electron chi connectivity index (χ1n) is 6.19. The summed E-state index contributed by atoms with van der Waals surface area (Å²) in [6.45, 7) is 7.27. The smallest absolute Gasteiger partial charge is 0.234 e. The maximum Gasteiger partial charge on any atom is 0.234 e. The number of methoxy groups -OCH3 is 1. The summed E-state index contributed by atoms with van der Waals surface area (Å²) in [4.78, 5) is 11.6. The molecule has 0 fully saturated rings. The van der Waals surface area contributed by atoms with Gasteiger partial charge in [-0.3, -0.25) is 4.79 Å². The lowest BCUT2D eigenvalue weighted by atomic mass is 10.2. The molecule has 4 heteroatoms. The molecule has 0 radical (unpaired) electrons. The van der Waals surface area contributed by atoms with Crippen LogP contribution in [0.3, 0.4) is 0 Å². The Kier molecular flexibility index (Phi) is 9.24. The molecule has 0 aliphatic heterocycles. The van der Waals surface area contributed by atoms with E-state index >= 15 is 0 Å². The van der Waals surface area contributed by atoms with Gasteiger partial charge in [0.15, 0.2) is 0 Å². The molecule has 96 valence electrons. The molecule has 0 saturated heterocycles. The minimum Gasteiger partial charge on any atom is -0.383 e. The number of carbonyl (C=O) groups excluding carboxylic acids is 1. The maximum absolute atomic E-state index is 11.6. The van der Waals surface area contributed by atoms with Crippen molar-refractivity contribution in [3.63, 3.8) is 0 Å². The Balaban J connectivity index is 3.78. The van der Waals surface area contributed by atoms with Gasteiger partial charge in [0.2, 0.25) is 5.91 Å². The van der Waals surface area contributed by atoms with Crippen LogP contribution in [0.5, 0.6) is 0 Å². The topological polar surface area (TPSA) is 50.4 Å². The van der Waals surface area contributed by atoms with Crippen LogP contribution >= 0.6 is 0 Å². The van der Waals surface area contributed by atoms with Crippen LogP contribution in [0.2, 0.25) is 0 Å². The number of rotatable bonds is 9. The fourth-order valence-electron chi connectivity index (χ4n) is 1.53. The second-order valence-corrected chi connectivity index (χ2v) is 4.02. The largest absolute Gasteiger partial charge is 0.383 e. The molecule has 0 heterocycles. The highest BCUT2D eigenvalue weighted by atomic mass is 16.5. The number of nitrogens with one attached hydrogen (secondary N) is 2. The molecule has 0 aromatic heterocycles. The quantitative estimate of drug-likeness (QED) is 0.628. The van der Waals surface area contributed by atoms with E-state index in [9.17, 15) is 4.79 Å². The highest BCUT2D eigenvalue weighted by Crippen LogP contribution is 1.95. The fraction of sp³-hybridized carbons (Fsp3) is 0.917. The predicted octanol–water partition coefficient (Wildman–Crippen LogP) is 1.31. The van der Waals surface area contributed by atoms with E-state index in [1.54, 1.807) is 7.11 Å². The first-order valence-corrected chi connectivity index (χ1v) is 6.19. The van der Waals surface area contributed by atoms with Crippen molar-refractivity contribution in [1.29, 1.82) is 0 Å². The van der Waals surface area contributed by atoms with E-state index in [0.29, 0.717) is 19.2 Å². The lowest BCUT2D eigenvalue weighted by Crippen LogP contribution is -2.43. The minimum atomic E-state index is 0.0725. The average Bonchev–Trinajstić information content (AvgIpc) is 2.31. The summed E-state index contributed by atoms with van der Waals surface area (Å²) in [5.41, 5.74) is 0. The molecule has 1 atom stereocenters. The first-order chi connectivity index (χ1) is 7.67. The van der Waals surface area contributed by atoms with E-state index < -0.39 is 0 Å². The van der Waals surface area contributed by atoms with E-state index in [1.165, 1.54) is 0 Å². The molecule has 0 aliphatic rings. The number of hydrogen-bond acceptors (Lipinski definition) is 3. The van der Waals surface area contributed by atoms with E-state index in [4.69, 9.17) is 4.74 Å². The molecule has 1 amide bonds. The van der Waals surface area contributed by atoms with Crippen LogP contribution in [0, 0.1) is 0 Å². The summed E-state index contributed by atoms with van der Waals surface area (Å²) in [5, 5.41) is 6.18. The van der Waals surface area contributed by atoms with Gasteiger partial charge in [0.05, 0.1) is 13.2 Å². The van der Waals surface area contributed by atoms with E-state index in [1.807, 2.05) is 0 Å². The molecule has 0 saturated carbocycles. The van der Waals surface area contributed by atoms with Gasteiger partial charge in [0, 0.05) is 19.2 Å². The van der Waals surface area contributed by atoms with Crippen molar-refractivity contribution >= 4 is 5.91 Å². The summed E-state index contributed by atoms with van der Waals surface area (Å²) in [5.74, 6) is 0.0725. The Hall–Kier alpha value is -0.610. The average molecular weight is 230 g/mol. The summed E-state index contributed by atoms with van der Waals surface area (Å²) in [7, 11) is 1.68. The Morgan fingerprint density at radius 1 is 1.12 bits per heavy atom. The van der Waals surface area contributed by atoms with Crippen molar-refractivity contribution in [2.45, 2.75) is 52.1 Å². The van der Waals surface area contributed by atoms with E-state index in [2.05, 4.69) is 31.4 Å². The number of carbonyl (C=O) groups is 1. The highest BCUT2D eigenvalue weighted by molar-refractivity contribution is 5.78. The minimum absolute atomic E-state index is 0.0725. The Labute approximate surface area is 99.1 Å². The molecular weight excluding hydrogens is 204 g/mol. The van der Waals surface area contributed by atoms with Crippen LogP contribution in [0.15, 0.2) is 0 Å². The fourth-order valence-corrected chi connectivity index (χ4v) is 1.53. The molecule has 16 heavy (non-hydrogen) atoms. The van der Waals surface area contributed by atoms with Gasteiger partial charge in [-0.1, -0.05) is 20.8 Å². The van der Waals surface area contributed by atoms with Crippen LogP contribution in [0.1, 0.15) is 40.0 Å². The zero-order valence-corrected chi connectivity index (χ0v) is 11.0. The molecule has 4 nitrogen and oxygen atoms in total. The molecular formula is C12H26N2O2. The maximum atomic E-state index is 11.6. The number of hydrogen-bond donors (Lipinski definition) is 2. The highest BCUT2D eigenvalue weighted by Gasteiger charge is 2.10. The van der Waals surface area contributed by atoms with Gasteiger partial charge in [-0.05, 0) is 19.3 Å². The SMILES string of the molecule is CCC(COC)NCC(=O)NC(CC)CC. The monoisotopic (exact) mass is 230 g/mol. The van der Waals surface area contributed by atoms with Crippen LogP contribution in [0.25, 0.3) is 0 Å². The van der Waals surface area contributed by atoms with Crippen LogP contribution in [-0.4, -0.2) is 38.3 Å². The summed E-state index contributed by atoms with van der Waals surface area (Å²) in [6.07, 6.45) is 2.93. The summed E-state index contributed by atoms with van der Waals surface area (Å²) >= 11 is 0. The Bertz CT molecular complexity index is 182. The van der Waals surface area contributed by atoms with Gasteiger partial charge in [0.25, 0.3) is 0 Å². The lowest BCUT2D eigenvalue weighted by molar-refractivity contribution is -0.121. The Morgan fingerprint density at radius 3 is 2.12 bits per heavy atom. The van der Waals surface area contributed by atoms with Gasteiger partial charge < -0.3 is 15.4 Å². The van der Waals surface area contributed by atoms with Crippen LogP contribution in [0.4, 0.5) is 0 Å². The molecule has 0 aromatic rings. The Morgan fingerprint density at radius 2 is 1.69 bits per heavy atom. The number of amides is 1. The molecule has 0 spiro atoms. The zero-order chi connectivity index (χ0) is 12.4. The van der Waals surface area contributed by atoms with Crippen molar-refractivity contribution in [2.24, 2.45) is 0 Å². The summed E-state index contributed by atoms with van der Waals surface area (Å²) in [6, 6.07) is 0.564. The third-order valence-electron chi connectivity index (χ3n) is 2.76. The molecule has 1 unspecified atom stereocenters. The molecule has 0 aromatic carbocycles. The van der Waals surface area contributed by atoms with Gasteiger partial charge >= 0.3 is 0 Å². The predicted molar refractivity (Wildman–Crippen MR) is 66.5 cm³/mol. The molecule has 0 bridgehead atoms. The molecule has 2 N–H and O–H groups in total. The van der Waals surface area contributed by atoms with E-state index in [0.717, 1.165) is 19.3 Å². The van der Waals surface area contributed by atoms with E-state index in [-0.39, 0.29) is 11.9 Å². The summed E-state index contributed by atoms with van der Waals surface area (Å²) < 4.78 is 5.06. The van der Waals surface area contributed by atoms with Crippen molar-refractivity contribution in [3.05, 3.63) is 0 Å². The number of ether oxygens (including phenoxy) is 1. The first kappa shape index (κ1) is 15.4.